The van der Waals surface area contributed by atoms with Crippen molar-refractivity contribution >= 4 is 10.2 Å². The Morgan fingerprint density at radius 3 is 2.00 bits per heavy atom. The highest BCUT2D eigenvalue weighted by molar-refractivity contribution is 7.86. The number of ether oxygens (including phenoxy) is 1. The Balaban J connectivity index is 1.80. The van der Waals surface area contributed by atoms with E-state index in [0.29, 0.717) is 32.6 Å². The van der Waals surface area contributed by atoms with E-state index in [1.807, 2.05) is 74.5 Å². The van der Waals surface area contributed by atoms with E-state index in [4.69, 9.17) is 4.74 Å². The highest BCUT2D eigenvalue weighted by atomic mass is 32.2. The van der Waals surface area contributed by atoms with Crippen molar-refractivity contribution in [1.29, 1.82) is 0 Å². The first kappa shape index (κ1) is 20.0. The van der Waals surface area contributed by atoms with Crippen molar-refractivity contribution < 1.29 is 13.2 Å². The molecule has 0 saturated carbocycles. The van der Waals surface area contributed by atoms with Crippen molar-refractivity contribution in [3.8, 4) is 0 Å². The summed E-state index contributed by atoms with van der Waals surface area (Å²) in [5.74, 6) is 0. The van der Waals surface area contributed by atoms with Gasteiger partial charge in [-0.05, 0) is 31.4 Å². The summed E-state index contributed by atoms with van der Waals surface area (Å²) in [4.78, 5) is 0. The third kappa shape index (κ3) is 5.39. The summed E-state index contributed by atoms with van der Waals surface area (Å²) in [6, 6.07) is 19.8. The number of hydrogen-bond acceptors (Lipinski definition) is 3. The normalized spacial score (nSPS) is 21.4. The molecule has 2 aromatic carbocycles. The van der Waals surface area contributed by atoms with Gasteiger partial charge in [-0.25, -0.2) is 0 Å². The van der Waals surface area contributed by atoms with Gasteiger partial charge in [0.25, 0.3) is 10.2 Å². The zero-order valence-electron chi connectivity index (χ0n) is 16.0. The topological polar surface area (TPSA) is 49.9 Å². The van der Waals surface area contributed by atoms with Crippen LogP contribution in [0.15, 0.2) is 60.7 Å². The third-order valence-electron chi connectivity index (χ3n) is 4.73. The fourth-order valence-electron chi connectivity index (χ4n) is 3.44. The highest BCUT2D eigenvalue weighted by Gasteiger charge is 2.35. The number of benzene rings is 2. The molecular formula is C21H28N2O3S. The minimum absolute atomic E-state index is 0.101. The molecule has 27 heavy (non-hydrogen) atoms. The Morgan fingerprint density at radius 1 is 0.926 bits per heavy atom. The van der Waals surface area contributed by atoms with E-state index in [9.17, 15) is 8.42 Å². The predicted molar refractivity (Wildman–Crippen MR) is 107 cm³/mol. The van der Waals surface area contributed by atoms with Crippen molar-refractivity contribution in [2.45, 2.75) is 39.0 Å². The SMILES string of the molecule is C[C@H]1CN(S(=O)(=O)N(CCc2ccccc2)Cc2ccccc2)C[C@H](C)O1. The Bertz CT molecular complexity index is 802. The van der Waals surface area contributed by atoms with Crippen LogP contribution in [-0.4, -0.2) is 48.9 Å². The van der Waals surface area contributed by atoms with Gasteiger partial charge in [-0.1, -0.05) is 60.7 Å². The predicted octanol–water partition coefficient (Wildman–Crippen LogP) is 3.09. The summed E-state index contributed by atoms with van der Waals surface area (Å²) in [5, 5.41) is 0. The van der Waals surface area contributed by atoms with Crippen LogP contribution in [0.2, 0.25) is 0 Å². The molecule has 5 nitrogen and oxygen atoms in total. The molecule has 0 aromatic heterocycles. The molecule has 0 radical (unpaired) electrons. The van der Waals surface area contributed by atoms with Crippen LogP contribution in [0, 0.1) is 0 Å². The van der Waals surface area contributed by atoms with E-state index < -0.39 is 10.2 Å². The molecule has 0 bridgehead atoms. The van der Waals surface area contributed by atoms with Crippen LogP contribution in [-0.2, 0) is 27.9 Å². The van der Waals surface area contributed by atoms with Gasteiger partial charge in [-0.3, -0.25) is 0 Å². The molecule has 3 rings (SSSR count). The standard InChI is InChI=1S/C21H28N2O3S/c1-18-15-23(16-19(2)26-18)27(24,25)22(17-21-11-7-4-8-12-21)14-13-20-9-5-3-6-10-20/h3-12,18-19H,13-17H2,1-2H3/t18-,19-/m0/s1. The monoisotopic (exact) mass is 388 g/mol. The largest absolute Gasteiger partial charge is 0.373 e. The summed E-state index contributed by atoms with van der Waals surface area (Å²) in [7, 11) is -3.57. The van der Waals surface area contributed by atoms with Gasteiger partial charge in [0.15, 0.2) is 0 Å². The van der Waals surface area contributed by atoms with Crippen LogP contribution in [0.1, 0.15) is 25.0 Å². The van der Waals surface area contributed by atoms with Gasteiger partial charge < -0.3 is 4.74 Å². The lowest BCUT2D eigenvalue weighted by molar-refractivity contribution is -0.0455. The second-order valence-electron chi connectivity index (χ2n) is 7.14. The van der Waals surface area contributed by atoms with Crippen LogP contribution >= 0.6 is 0 Å². The molecule has 0 amide bonds. The van der Waals surface area contributed by atoms with Crippen molar-refractivity contribution in [1.82, 2.24) is 8.61 Å². The lowest BCUT2D eigenvalue weighted by atomic mass is 10.1. The summed E-state index contributed by atoms with van der Waals surface area (Å²) < 4.78 is 35.7. The smallest absolute Gasteiger partial charge is 0.282 e. The molecule has 1 aliphatic rings. The minimum atomic E-state index is -3.57. The maximum atomic E-state index is 13.4. The molecule has 2 atom stereocenters. The van der Waals surface area contributed by atoms with Gasteiger partial charge >= 0.3 is 0 Å². The van der Waals surface area contributed by atoms with Gasteiger partial charge in [0.2, 0.25) is 0 Å². The first-order valence-electron chi connectivity index (χ1n) is 9.43. The van der Waals surface area contributed by atoms with E-state index in [1.165, 1.54) is 0 Å². The van der Waals surface area contributed by atoms with E-state index in [-0.39, 0.29) is 12.2 Å². The van der Waals surface area contributed by atoms with Crippen LogP contribution in [0.5, 0.6) is 0 Å². The van der Waals surface area contributed by atoms with Crippen LogP contribution in [0.25, 0.3) is 0 Å². The molecule has 2 aromatic rings. The van der Waals surface area contributed by atoms with Gasteiger partial charge in [0.05, 0.1) is 12.2 Å². The van der Waals surface area contributed by atoms with E-state index in [2.05, 4.69) is 0 Å². The maximum Gasteiger partial charge on any atom is 0.282 e. The van der Waals surface area contributed by atoms with Gasteiger partial charge in [-0.15, -0.1) is 0 Å². The first-order valence-corrected chi connectivity index (χ1v) is 10.8. The van der Waals surface area contributed by atoms with E-state index >= 15 is 0 Å². The molecule has 6 heteroatoms. The second kappa shape index (κ2) is 8.97. The molecule has 0 N–H and O–H groups in total. The highest BCUT2D eigenvalue weighted by Crippen LogP contribution is 2.20. The Hall–Kier alpha value is -1.73. The lowest BCUT2D eigenvalue weighted by Gasteiger charge is -2.37. The summed E-state index contributed by atoms with van der Waals surface area (Å²) in [6.45, 7) is 5.44. The summed E-state index contributed by atoms with van der Waals surface area (Å²) in [6.07, 6.45) is 0.481. The fourth-order valence-corrected chi connectivity index (χ4v) is 5.20. The van der Waals surface area contributed by atoms with Crippen molar-refractivity contribution in [3.63, 3.8) is 0 Å². The van der Waals surface area contributed by atoms with Crippen molar-refractivity contribution in [2.24, 2.45) is 0 Å². The van der Waals surface area contributed by atoms with Crippen molar-refractivity contribution in [2.75, 3.05) is 19.6 Å². The van der Waals surface area contributed by atoms with Crippen LogP contribution in [0.4, 0.5) is 0 Å². The Kier molecular flexibility index (Phi) is 6.65. The number of rotatable bonds is 7. The zero-order chi connectivity index (χ0) is 19.3. The fraction of sp³-hybridized carbons (Fsp3) is 0.429. The average molecular weight is 389 g/mol. The van der Waals surface area contributed by atoms with Gasteiger partial charge in [-0.2, -0.15) is 17.0 Å². The van der Waals surface area contributed by atoms with E-state index in [1.54, 1.807) is 8.61 Å². The molecular weight excluding hydrogens is 360 g/mol. The maximum absolute atomic E-state index is 13.4. The first-order chi connectivity index (χ1) is 12.9. The Morgan fingerprint density at radius 2 is 1.44 bits per heavy atom. The van der Waals surface area contributed by atoms with Crippen molar-refractivity contribution in [3.05, 3.63) is 71.8 Å². The molecule has 1 aliphatic heterocycles. The zero-order valence-corrected chi connectivity index (χ0v) is 16.8. The summed E-state index contributed by atoms with van der Waals surface area (Å²) >= 11 is 0. The molecule has 0 aliphatic carbocycles. The summed E-state index contributed by atoms with van der Waals surface area (Å²) in [5.41, 5.74) is 2.12. The number of morpholine rings is 1. The molecule has 1 fully saturated rings. The molecule has 0 unspecified atom stereocenters. The molecule has 1 saturated heterocycles. The number of nitrogens with zero attached hydrogens (tertiary/aromatic N) is 2. The third-order valence-corrected chi connectivity index (χ3v) is 6.65. The quantitative estimate of drug-likeness (QED) is 0.732. The number of hydrogen-bond donors (Lipinski definition) is 0. The van der Waals surface area contributed by atoms with Gasteiger partial charge in [0, 0.05) is 26.2 Å². The Labute approximate surface area is 162 Å². The average Bonchev–Trinajstić information content (AvgIpc) is 2.66. The molecule has 1 heterocycles. The molecule has 146 valence electrons. The second-order valence-corrected chi connectivity index (χ2v) is 9.07. The lowest BCUT2D eigenvalue weighted by Crippen LogP contribution is -2.53. The molecule has 0 spiro atoms. The van der Waals surface area contributed by atoms with Crippen LogP contribution < -0.4 is 0 Å². The van der Waals surface area contributed by atoms with Crippen LogP contribution in [0.3, 0.4) is 0 Å². The minimum Gasteiger partial charge on any atom is -0.373 e. The van der Waals surface area contributed by atoms with Gasteiger partial charge in [0.1, 0.15) is 0 Å². The van der Waals surface area contributed by atoms with E-state index in [0.717, 1.165) is 11.1 Å².